The third-order valence-electron chi connectivity index (χ3n) is 3.67. The van der Waals surface area contributed by atoms with Gasteiger partial charge in [-0.15, -0.1) is 11.3 Å². The molecule has 1 aromatic heterocycles. The average molecular weight is 391 g/mol. The van der Waals surface area contributed by atoms with E-state index in [2.05, 4.69) is 10.3 Å². The van der Waals surface area contributed by atoms with Gasteiger partial charge in [-0.1, -0.05) is 13.8 Å². The molecule has 0 atom stereocenters. The molecule has 27 heavy (non-hydrogen) atoms. The van der Waals surface area contributed by atoms with Gasteiger partial charge >= 0.3 is 0 Å². The Morgan fingerprint density at radius 2 is 1.81 bits per heavy atom. The number of ether oxygens (including phenoxy) is 2. The first kappa shape index (κ1) is 20.7. The summed E-state index contributed by atoms with van der Waals surface area (Å²) in [5.41, 5.74) is 0.407. The van der Waals surface area contributed by atoms with Crippen LogP contribution in [0.5, 0.6) is 11.5 Å². The summed E-state index contributed by atoms with van der Waals surface area (Å²) in [5, 5.41) is 3.27. The van der Waals surface area contributed by atoms with Gasteiger partial charge in [0.25, 0.3) is 5.91 Å². The minimum atomic E-state index is -0.284. The van der Waals surface area contributed by atoms with E-state index in [0.717, 1.165) is 4.88 Å². The van der Waals surface area contributed by atoms with Crippen molar-refractivity contribution in [3.05, 3.63) is 34.8 Å². The van der Waals surface area contributed by atoms with Gasteiger partial charge in [0, 0.05) is 29.2 Å². The molecule has 2 amide bonds. The number of thiazole rings is 1. The van der Waals surface area contributed by atoms with Crippen molar-refractivity contribution < 1.29 is 19.1 Å². The lowest BCUT2D eigenvalue weighted by molar-refractivity contribution is -0.117. The topological polar surface area (TPSA) is 80.8 Å². The van der Waals surface area contributed by atoms with E-state index in [9.17, 15) is 9.59 Å². The molecule has 1 heterocycles. The highest BCUT2D eigenvalue weighted by atomic mass is 32.1. The summed E-state index contributed by atoms with van der Waals surface area (Å²) in [7, 11) is 3.05. The molecule has 2 rings (SSSR count). The Hall–Kier alpha value is -2.61. The Morgan fingerprint density at radius 3 is 2.30 bits per heavy atom. The molecule has 0 spiro atoms. The second kappa shape index (κ2) is 9.36. The molecule has 1 aromatic carbocycles. The number of amides is 2. The number of carbonyl (C=O) groups is 2. The quantitative estimate of drug-likeness (QED) is 0.747. The van der Waals surface area contributed by atoms with Crippen molar-refractivity contribution in [1.29, 1.82) is 0 Å². The number of benzene rings is 1. The molecule has 0 fully saturated rings. The highest BCUT2D eigenvalue weighted by molar-refractivity contribution is 7.15. The predicted octanol–water partition coefficient (Wildman–Crippen LogP) is 3.21. The van der Waals surface area contributed by atoms with Gasteiger partial charge in [0.2, 0.25) is 5.91 Å². The third-order valence-corrected chi connectivity index (χ3v) is 4.50. The normalized spacial score (nSPS) is 10.6. The van der Waals surface area contributed by atoms with Crippen molar-refractivity contribution in [1.82, 2.24) is 9.88 Å². The smallest absolute Gasteiger partial charge is 0.254 e. The predicted molar refractivity (Wildman–Crippen MR) is 106 cm³/mol. The van der Waals surface area contributed by atoms with Gasteiger partial charge < -0.3 is 19.7 Å². The summed E-state index contributed by atoms with van der Waals surface area (Å²) in [5.74, 6) is 0.700. The van der Waals surface area contributed by atoms with Crippen LogP contribution < -0.4 is 14.8 Å². The summed E-state index contributed by atoms with van der Waals surface area (Å²) in [6.45, 7) is 6.29. The maximum absolute atomic E-state index is 13.0. The molecule has 2 aromatic rings. The molecule has 0 aliphatic heterocycles. The standard InChI is InChI=1S/C19H25N3O4S/c1-12(2)10-22(11-17(23)21-19-20-9-13(3)27-19)18(24)14-6-15(25-4)8-16(7-14)26-5/h6-9,12H,10-11H2,1-5H3,(H,20,21,23). The number of nitrogens with zero attached hydrogens (tertiary/aromatic N) is 2. The summed E-state index contributed by atoms with van der Waals surface area (Å²) >= 11 is 1.39. The van der Waals surface area contributed by atoms with Crippen molar-refractivity contribution in [3.8, 4) is 11.5 Å². The summed E-state index contributed by atoms with van der Waals surface area (Å²) in [6, 6.07) is 4.97. The summed E-state index contributed by atoms with van der Waals surface area (Å²) < 4.78 is 10.5. The molecule has 1 N–H and O–H groups in total. The fraction of sp³-hybridized carbons (Fsp3) is 0.421. The van der Waals surface area contributed by atoms with E-state index in [-0.39, 0.29) is 24.3 Å². The first-order valence-electron chi connectivity index (χ1n) is 8.57. The maximum Gasteiger partial charge on any atom is 0.254 e. The molecule has 0 aliphatic rings. The molecule has 7 nitrogen and oxygen atoms in total. The highest BCUT2D eigenvalue weighted by Gasteiger charge is 2.22. The SMILES string of the molecule is COc1cc(OC)cc(C(=O)N(CC(=O)Nc2ncc(C)s2)CC(C)C)c1. The van der Waals surface area contributed by atoms with E-state index in [1.165, 1.54) is 30.5 Å². The van der Waals surface area contributed by atoms with E-state index in [1.807, 2.05) is 20.8 Å². The molecule has 0 aliphatic carbocycles. The van der Waals surface area contributed by atoms with Crippen molar-refractivity contribution in [2.45, 2.75) is 20.8 Å². The van der Waals surface area contributed by atoms with Gasteiger partial charge in [0.05, 0.1) is 14.2 Å². The van der Waals surface area contributed by atoms with Gasteiger partial charge in [-0.2, -0.15) is 0 Å². The zero-order chi connectivity index (χ0) is 20.0. The second-order valence-electron chi connectivity index (χ2n) is 6.51. The fourth-order valence-electron chi connectivity index (χ4n) is 2.52. The van der Waals surface area contributed by atoms with E-state index in [0.29, 0.717) is 28.7 Å². The molecular weight excluding hydrogens is 366 g/mol. The lowest BCUT2D eigenvalue weighted by atomic mass is 10.1. The van der Waals surface area contributed by atoms with Crippen LogP contribution in [-0.2, 0) is 4.79 Å². The monoisotopic (exact) mass is 391 g/mol. The average Bonchev–Trinajstić information content (AvgIpc) is 3.04. The lowest BCUT2D eigenvalue weighted by Gasteiger charge is -2.24. The van der Waals surface area contributed by atoms with Crippen molar-refractivity contribution >= 4 is 28.3 Å². The van der Waals surface area contributed by atoms with Crippen molar-refractivity contribution in [2.24, 2.45) is 5.92 Å². The Bertz CT molecular complexity index is 782. The minimum absolute atomic E-state index is 0.0604. The Morgan fingerprint density at radius 1 is 1.19 bits per heavy atom. The summed E-state index contributed by atoms with van der Waals surface area (Å²) in [6.07, 6.45) is 1.69. The minimum Gasteiger partial charge on any atom is -0.497 e. The number of rotatable bonds is 8. The number of aromatic nitrogens is 1. The Kier molecular flexibility index (Phi) is 7.18. The highest BCUT2D eigenvalue weighted by Crippen LogP contribution is 2.24. The van der Waals surface area contributed by atoms with Crippen molar-refractivity contribution in [3.63, 3.8) is 0 Å². The molecule has 0 bridgehead atoms. The van der Waals surface area contributed by atoms with Gasteiger partial charge in [0.15, 0.2) is 5.13 Å². The zero-order valence-electron chi connectivity index (χ0n) is 16.2. The number of methoxy groups -OCH3 is 2. The number of anilines is 1. The molecule has 8 heteroatoms. The Labute approximate surface area is 163 Å². The van der Waals surface area contributed by atoms with Gasteiger partial charge in [-0.3, -0.25) is 9.59 Å². The maximum atomic E-state index is 13.0. The first-order chi connectivity index (χ1) is 12.8. The molecular formula is C19H25N3O4S. The van der Waals surface area contributed by atoms with Crippen LogP contribution >= 0.6 is 11.3 Å². The fourth-order valence-corrected chi connectivity index (χ4v) is 3.20. The van der Waals surface area contributed by atoms with Crippen molar-refractivity contribution in [2.75, 3.05) is 32.6 Å². The number of nitrogens with one attached hydrogen (secondary N) is 1. The van der Waals surface area contributed by atoms with Gasteiger partial charge in [-0.25, -0.2) is 4.98 Å². The lowest BCUT2D eigenvalue weighted by Crippen LogP contribution is -2.40. The molecule has 0 saturated heterocycles. The number of hydrogen-bond acceptors (Lipinski definition) is 6. The number of aryl methyl sites for hydroxylation is 1. The van der Waals surface area contributed by atoms with E-state index >= 15 is 0 Å². The molecule has 0 radical (unpaired) electrons. The zero-order valence-corrected chi connectivity index (χ0v) is 17.1. The van der Waals surface area contributed by atoms with Crippen LogP contribution in [0.4, 0.5) is 5.13 Å². The van der Waals surface area contributed by atoms with E-state index in [1.54, 1.807) is 24.4 Å². The van der Waals surface area contributed by atoms with Crippen LogP contribution in [0.15, 0.2) is 24.4 Å². The molecule has 146 valence electrons. The van der Waals surface area contributed by atoms with Crippen LogP contribution in [0.3, 0.4) is 0 Å². The van der Waals surface area contributed by atoms with Crippen LogP contribution in [0, 0.1) is 12.8 Å². The number of hydrogen-bond donors (Lipinski definition) is 1. The van der Waals surface area contributed by atoms with Crippen LogP contribution in [-0.4, -0.2) is 49.0 Å². The Balaban J connectivity index is 2.19. The van der Waals surface area contributed by atoms with Crippen LogP contribution in [0.1, 0.15) is 29.1 Å². The van der Waals surface area contributed by atoms with E-state index < -0.39 is 0 Å². The molecule has 0 unspecified atom stereocenters. The first-order valence-corrected chi connectivity index (χ1v) is 9.38. The van der Waals surface area contributed by atoms with Crippen LogP contribution in [0.25, 0.3) is 0 Å². The largest absolute Gasteiger partial charge is 0.497 e. The third kappa shape index (κ3) is 5.96. The van der Waals surface area contributed by atoms with Crippen LogP contribution in [0.2, 0.25) is 0 Å². The summed E-state index contributed by atoms with van der Waals surface area (Å²) in [4.78, 5) is 32.1. The number of carbonyl (C=O) groups excluding carboxylic acids is 2. The van der Waals surface area contributed by atoms with Gasteiger partial charge in [-0.05, 0) is 25.0 Å². The van der Waals surface area contributed by atoms with Gasteiger partial charge in [0.1, 0.15) is 18.0 Å². The second-order valence-corrected chi connectivity index (χ2v) is 7.74. The molecule has 0 saturated carbocycles. The van der Waals surface area contributed by atoms with E-state index in [4.69, 9.17) is 9.47 Å².